The van der Waals surface area contributed by atoms with E-state index < -0.39 is 4.92 Å². The summed E-state index contributed by atoms with van der Waals surface area (Å²) in [6.07, 6.45) is 0. The molecule has 0 atom stereocenters. The highest BCUT2D eigenvalue weighted by Crippen LogP contribution is 2.31. The fourth-order valence-corrected chi connectivity index (χ4v) is 3.91. The molecule has 2 aromatic carbocycles. The zero-order chi connectivity index (χ0) is 20.7. The van der Waals surface area contributed by atoms with Crippen LogP contribution in [0.5, 0.6) is 0 Å². The zero-order valence-electron chi connectivity index (χ0n) is 16.5. The van der Waals surface area contributed by atoms with Crippen LogP contribution in [0.3, 0.4) is 0 Å². The number of carbonyl (C=O) groups excluding carboxylic acids is 1. The maximum atomic E-state index is 12.5. The summed E-state index contributed by atoms with van der Waals surface area (Å²) in [5.74, 6) is -0.288. The molecule has 0 bridgehead atoms. The molecule has 2 aromatic heterocycles. The van der Waals surface area contributed by atoms with Crippen LogP contribution >= 0.6 is 0 Å². The van der Waals surface area contributed by atoms with Gasteiger partial charge in [-0.15, -0.1) is 0 Å². The van der Waals surface area contributed by atoms with Crippen LogP contribution in [-0.4, -0.2) is 25.2 Å². The average molecular weight is 391 g/mol. The highest BCUT2D eigenvalue weighted by Gasteiger charge is 2.22. The van der Waals surface area contributed by atoms with E-state index in [1.165, 1.54) is 4.68 Å². The highest BCUT2D eigenvalue weighted by molar-refractivity contribution is 6.09. The Morgan fingerprint density at radius 3 is 2.55 bits per heavy atom. The van der Waals surface area contributed by atoms with Crippen molar-refractivity contribution in [2.24, 2.45) is 0 Å². The second kappa shape index (κ2) is 7.05. The van der Waals surface area contributed by atoms with Gasteiger partial charge in [0.1, 0.15) is 17.9 Å². The van der Waals surface area contributed by atoms with E-state index in [1.54, 1.807) is 13.8 Å². The number of nitro groups is 1. The number of anilines is 1. The summed E-state index contributed by atoms with van der Waals surface area (Å²) >= 11 is 0. The first kappa shape index (κ1) is 18.7. The largest absolute Gasteiger partial charge is 0.341 e. The number of para-hydroxylation sites is 1. The van der Waals surface area contributed by atoms with Crippen molar-refractivity contribution >= 4 is 39.1 Å². The van der Waals surface area contributed by atoms with E-state index in [0.717, 1.165) is 28.4 Å². The Morgan fingerprint density at radius 2 is 1.86 bits per heavy atom. The predicted octanol–water partition coefficient (Wildman–Crippen LogP) is 4.17. The summed E-state index contributed by atoms with van der Waals surface area (Å²) in [5, 5.41) is 20.4. The Balaban J connectivity index is 1.63. The molecule has 0 saturated carbocycles. The SMILES string of the molecule is CCn1c2ccccc2c2cc(NC(=O)Cn3nc(C)c([N+](=O)[O-])c3C)ccc21. The number of benzene rings is 2. The van der Waals surface area contributed by atoms with Crippen molar-refractivity contribution in [3.05, 3.63) is 64.0 Å². The van der Waals surface area contributed by atoms with Gasteiger partial charge >= 0.3 is 5.69 Å². The lowest BCUT2D eigenvalue weighted by molar-refractivity contribution is -0.386. The van der Waals surface area contributed by atoms with Crippen molar-refractivity contribution in [1.29, 1.82) is 0 Å². The normalized spacial score (nSPS) is 11.3. The van der Waals surface area contributed by atoms with Crippen LogP contribution in [0.1, 0.15) is 18.3 Å². The van der Waals surface area contributed by atoms with Crippen LogP contribution in [0, 0.1) is 24.0 Å². The van der Waals surface area contributed by atoms with Crippen molar-refractivity contribution in [2.75, 3.05) is 5.32 Å². The van der Waals surface area contributed by atoms with Crippen molar-refractivity contribution in [3.8, 4) is 0 Å². The maximum Gasteiger partial charge on any atom is 0.312 e. The Morgan fingerprint density at radius 1 is 1.14 bits per heavy atom. The third-order valence-corrected chi connectivity index (χ3v) is 5.19. The third kappa shape index (κ3) is 3.12. The number of aromatic nitrogens is 3. The van der Waals surface area contributed by atoms with E-state index in [0.29, 0.717) is 17.1 Å². The summed E-state index contributed by atoms with van der Waals surface area (Å²) in [4.78, 5) is 23.2. The van der Waals surface area contributed by atoms with Crippen LogP contribution in [0.15, 0.2) is 42.5 Å². The molecule has 0 aliphatic rings. The average Bonchev–Trinajstić information content (AvgIpc) is 3.15. The van der Waals surface area contributed by atoms with Crippen molar-refractivity contribution < 1.29 is 9.72 Å². The number of amides is 1. The number of nitrogens with zero attached hydrogens (tertiary/aromatic N) is 4. The number of aryl methyl sites for hydroxylation is 2. The molecule has 8 heteroatoms. The molecule has 1 N–H and O–H groups in total. The molecular formula is C21H21N5O3. The van der Waals surface area contributed by atoms with Gasteiger partial charge in [0, 0.05) is 34.0 Å². The van der Waals surface area contributed by atoms with Gasteiger partial charge in [-0.1, -0.05) is 18.2 Å². The third-order valence-electron chi connectivity index (χ3n) is 5.19. The molecule has 0 spiro atoms. The van der Waals surface area contributed by atoms with Gasteiger partial charge in [0.05, 0.1) is 4.92 Å². The number of carbonyl (C=O) groups is 1. The topological polar surface area (TPSA) is 95.0 Å². The minimum Gasteiger partial charge on any atom is -0.341 e. The van der Waals surface area contributed by atoms with E-state index in [4.69, 9.17) is 0 Å². The second-order valence-electron chi connectivity index (χ2n) is 6.98. The standard InChI is InChI=1S/C21H21N5O3/c1-4-24-18-8-6-5-7-16(18)17-11-15(9-10-19(17)24)22-20(27)12-25-14(3)21(26(28)29)13(2)23-25/h5-11H,4,12H2,1-3H3,(H,22,27). The molecule has 0 saturated heterocycles. The lowest BCUT2D eigenvalue weighted by Crippen LogP contribution is -2.20. The van der Waals surface area contributed by atoms with Crippen molar-refractivity contribution in [1.82, 2.24) is 14.3 Å². The molecule has 8 nitrogen and oxygen atoms in total. The summed E-state index contributed by atoms with van der Waals surface area (Å²) < 4.78 is 3.61. The highest BCUT2D eigenvalue weighted by atomic mass is 16.6. The molecule has 0 unspecified atom stereocenters. The van der Waals surface area contributed by atoms with Crippen LogP contribution in [-0.2, 0) is 17.9 Å². The van der Waals surface area contributed by atoms with Gasteiger partial charge in [0.2, 0.25) is 5.91 Å². The first-order chi connectivity index (χ1) is 13.9. The molecule has 148 valence electrons. The van der Waals surface area contributed by atoms with Gasteiger partial charge in [0.15, 0.2) is 0 Å². The minimum atomic E-state index is -0.469. The minimum absolute atomic E-state index is 0.0494. The van der Waals surface area contributed by atoms with E-state index in [-0.39, 0.29) is 18.1 Å². The molecule has 4 rings (SSSR count). The summed E-state index contributed by atoms with van der Waals surface area (Å²) in [7, 11) is 0. The Bertz CT molecular complexity index is 1270. The zero-order valence-corrected chi connectivity index (χ0v) is 16.5. The summed E-state index contributed by atoms with van der Waals surface area (Å²) in [6, 6.07) is 14.0. The molecule has 2 heterocycles. The van der Waals surface area contributed by atoms with Crippen molar-refractivity contribution in [3.63, 3.8) is 0 Å². The van der Waals surface area contributed by atoms with Gasteiger partial charge < -0.3 is 9.88 Å². The molecule has 4 aromatic rings. The predicted molar refractivity (Wildman–Crippen MR) is 112 cm³/mol. The van der Waals surface area contributed by atoms with Crippen molar-refractivity contribution in [2.45, 2.75) is 33.9 Å². The first-order valence-electron chi connectivity index (χ1n) is 9.40. The van der Waals surface area contributed by atoms with E-state index in [9.17, 15) is 14.9 Å². The number of rotatable bonds is 5. The maximum absolute atomic E-state index is 12.5. The number of hydrogen-bond donors (Lipinski definition) is 1. The molecule has 29 heavy (non-hydrogen) atoms. The molecule has 0 aliphatic carbocycles. The molecule has 0 aliphatic heterocycles. The molecular weight excluding hydrogens is 370 g/mol. The van der Waals surface area contributed by atoms with Gasteiger partial charge in [-0.3, -0.25) is 19.6 Å². The Kier molecular flexibility index (Phi) is 4.54. The van der Waals surface area contributed by atoms with Gasteiger partial charge in [0.25, 0.3) is 0 Å². The smallest absolute Gasteiger partial charge is 0.312 e. The van der Waals surface area contributed by atoms with Gasteiger partial charge in [-0.25, -0.2) is 0 Å². The van der Waals surface area contributed by atoms with Crippen LogP contribution in [0.2, 0.25) is 0 Å². The fraction of sp³-hybridized carbons (Fsp3) is 0.238. The van der Waals surface area contributed by atoms with Gasteiger partial charge in [-0.05, 0) is 45.0 Å². The van der Waals surface area contributed by atoms with E-state index in [2.05, 4.69) is 34.0 Å². The second-order valence-corrected chi connectivity index (χ2v) is 6.98. The fourth-order valence-electron chi connectivity index (χ4n) is 3.91. The summed E-state index contributed by atoms with van der Waals surface area (Å²) in [5.41, 5.74) is 3.56. The Hall–Kier alpha value is -3.68. The first-order valence-corrected chi connectivity index (χ1v) is 9.40. The van der Waals surface area contributed by atoms with Crippen LogP contribution in [0.25, 0.3) is 21.8 Å². The lowest BCUT2D eigenvalue weighted by atomic mass is 10.1. The monoisotopic (exact) mass is 391 g/mol. The molecule has 1 amide bonds. The van der Waals surface area contributed by atoms with Crippen LogP contribution in [0.4, 0.5) is 11.4 Å². The molecule has 0 radical (unpaired) electrons. The van der Waals surface area contributed by atoms with E-state index >= 15 is 0 Å². The van der Waals surface area contributed by atoms with Crippen LogP contribution < -0.4 is 5.32 Å². The Labute approximate surface area is 166 Å². The number of hydrogen-bond acceptors (Lipinski definition) is 4. The quantitative estimate of drug-likeness (QED) is 0.408. The summed E-state index contributed by atoms with van der Waals surface area (Å²) in [6.45, 7) is 6.03. The lowest BCUT2D eigenvalue weighted by Gasteiger charge is -2.08. The number of fused-ring (bicyclic) bond motifs is 3. The molecule has 0 fully saturated rings. The number of nitrogens with one attached hydrogen (secondary N) is 1. The van der Waals surface area contributed by atoms with E-state index in [1.807, 2.05) is 30.3 Å². The van der Waals surface area contributed by atoms with Gasteiger partial charge in [-0.2, -0.15) is 5.10 Å².